The summed E-state index contributed by atoms with van der Waals surface area (Å²) in [6.45, 7) is 6.29. The van der Waals surface area contributed by atoms with E-state index in [1.54, 1.807) is 18.9 Å². The molecule has 0 aliphatic rings. The third-order valence-electron chi connectivity index (χ3n) is 2.01. The number of benzene rings is 1. The number of carbonyl (C=O) groups excluding carboxylic acids is 1. The number of hydrogen-bond acceptors (Lipinski definition) is 3. The van der Waals surface area contributed by atoms with E-state index in [0.717, 1.165) is 11.4 Å². The zero-order valence-corrected chi connectivity index (χ0v) is 11.6. The standard InChI is InChI=1S/C13H19NO2S/c1-13(2,3)17-9-12(15)14-10-5-7-11(16-4)8-6-10/h5-8H,9H2,1-4H3,(H,14,15). The molecule has 0 bridgehead atoms. The highest BCUT2D eigenvalue weighted by Crippen LogP contribution is 2.23. The molecule has 0 radical (unpaired) electrons. The Morgan fingerprint density at radius 1 is 1.29 bits per heavy atom. The maximum absolute atomic E-state index is 11.7. The largest absolute Gasteiger partial charge is 0.497 e. The van der Waals surface area contributed by atoms with Crippen LogP contribution in [0.3, 0.4) is 0 Å². The van der Waals surface area contributed by atoms with Crippen LogP contribution in [-0.4, -0.2) is 23.5 Å². The molecule has 3 nitrogen and oxygen atoms in total. The summed E-state index contributed by atoms with van der Waals surface area (Å²) in [7, 11) is 1.62. The van der Waals surface area contributed by atoms with Crippen LogP contribution in [0.25, 0.3) is 0 Å². The lowest BCUT2D eigenvalue weighted by Crippen LogP contribution is -2.18. The summed E-state index contributed by atoms with van der Waals surface area (Å²) in [5.41, 5.74) is 0.797. The van der Waals surface area contributed by atoms with Crippen molar-refractivity contribution >= 4 is 23.4 Å². The van der Waals surface area contributed by atoms with Gasteiger partial charge in [0.25, 0.3) is 0 Å². The molecule has 1 aromatic rings. The van der Waals surface area contributed by atoms with Gasteiger partial charge in [0.15, 0.2) is 0 Å². The third kappa shape index (κ3) is 5.63. The number of rotatable bonds is 4. The molecule has 1 amide bonds. The van der Waals surface area contributed by atoms with Crippen LogP contribution in [0.15, 0.2) is 24.3 Å². The van der Waals surface area contributed by atoms with Crippen molar-refractivity contribution < 1.29 is 9.53 Å². The van der Waals surface area contributed by atoms with E-state index in [4.69, 9.17) is 4.74 Å². The van der Waals surface area contributed by atoms with Crippen LogP contribution < -0.4 is 10.1 Å². The van der Waals surface area contributed by atoms with Gasteiger partial charge in [-0.15, -0.1) is 11.8 Å². The third-order valence-corrected chi connectivity index (χ3v) is 3.28. The van der Waals surface area contributed by atoms with Crippen molar-refractivity contribution in [3.63, 3.8) is 0 Å². The summed E-state index contributed by atoms with van der Waals surface area (Å²) >= 11 is 1.63. The molecule has 0 spiro atoms. The second kappa shape index (κ2) is 5.96. The molecule has 0 saturated carbocycles. The Hall–Kier alpha value is -1.16. The summed E-state index contributed by atoms with van der Waals surface area (Å²) in [5, 5.41) is 2.85. The van der Waals surface area contributed by atoms with Gasteiger partial charge >= 0.3 is 0 Å². The molecule has 0 saturated heterocycles. The van der Waals surface area contributed by atoms with Gasteiger partial charge in [-0.2, -0.15) is 0 Å². The van der Waals surface area contributed by atoms with Gasteiger partial charge in [-0.05, 0) is 24.3 Å². The minimum absolute atomic E-state index is 0.0232. The second-order valence-electron chi connectivity index (χ2n) is 4.68. The molecule has 0 heterocycles. The Bertz CT molecular complexity index is 368. The van der Waals surface area contributed by atoms with Crippen molar-refractivity contribution in [2.75, 3.05) is 18.2 Å². The molecule has 94 valence electrons. The molecule has 1 aromatic carbocycles. The lowest BCUT2D eigenvalue weighted by atomic mass is 10.3. The predicted molar refractivity (Wildman–Crippen MR) is 73.8 cm³/mol. The maximum atomic E-state index is 11.7. The van der Waals surface area contributed by atoms with Crippen molar-refractivity contribution in [2.45, 2.75) is 25.5 Å². The van der Waals surface area contributed by atoms with Gasteiger partial charge in [0, 0.05) is 10.4 Å². The zero-order chi connectivity index (χ0) is 12.9. The van der Waals surface area contributed by atoms with E-state index in [9.17, 15) is 4.79 Å². The average molecular weight is 253 g/mol. The van der Waals surface area contributed by atoms with Gasteiger partial charge in [-0.1, -0.05) is 20.8 Å². The van der Waals surface area contributed by atoms with Gasteiger partial charge in [-0.25, -0.2) is 0 Å². The van der Waals surface area contributed by atoms with E-state index in [0.29, 0.717) is 5.75 Å². The maximum Gasteiger partial charge on any atom is 0.234 e. The normalized spacial score (nSPS) is 11.1. The summed E-state index contributed by atoms with van der Waals surface area (Å²) in [5.74, 6) is 1.28. The monoisotopic (exact) mass is 253 g/mol. The first-order valence-corrected chi connectivity index (χ1v) is 6.47. The number of amides is 1. The number of thioether (sulfide) groups is 1. The van der Waals surface area contributed by atoms with Crippen LogP contribution in [0.5, 0.6) is 5.75 Å². The Morgan fingerprint density at radius 3 is 2.35 bits per heavy atom. The highest BCUT2D eigenvalue weighted by atomic mass is 32.2. The van der Waals surface area contributed by atoms with Crippen molar-refractivity contribution in [2.24, 2.45) is 0 Å². The molecule has 0 aliphatic heterocycles. The molecule has 1 N–H and O–H groups in total. The van der Waals surface area contributed by atoms with Gasteiger partial charge in [-0.3, -0.25) is 4.79 Å². The molecule has 0 atom stereocenters. The molecular formula is C13H19NO2S. The average Bonchev–Trinajstić information content (AvgIpc) is 2.27. The number of methoxy groups -OCH3 is 1. The topological polar surface area (TPSA) is 38.3 Å². The fourth-order valence-electron chi connectivity index (χ4n) is 1.15. The van der Waals surface area contributed by atoms with Gasteiger partial charge in [0.2, 0.25) is 5.91 Å². The van der Waals surface area contributed by atoms with E-state index >= 15 is 0 Å². The number of nitrogens with one attached hydrogen (secondary N) is 1. The molecule has 4 heteroatoms. The van der Waals surface area contributed by atoms with Gasteiger partial charge in [0.1, 0.15) is 5.75 Å². The molecule has 0 unspecified atom stereocenters. The molecular weight excluding hydrogens is 234 g/mol. The predicted octanol–water partition coefficient (Wildman–Crippen LogP) is 3.17. The van der Waals surface area contributed by atoms with Crippen LogP contribution in [0, 0.1) is 0 Å². The Balaban J connectivity index is 2.45. The number of carbonyl (C=O) groups is 1. The van der Waals surface area contributed by atoms with Crippen LogP contribution in [-0.2, 0) is 4.79 Å². The fraction of sp³-hybridized carbons (Fsp3) is 0.462. The quantitative estimate of drug-likeness (QED) is 0.895. The first kappa shape index (κ1) is 13.9. The van der Waals surface area contributed by atoms with Crippen molar-refractivity contribution in [3.05, 3.63) is 24.3 Å². The molecule has 0 fully saturated rings. The van der Waals surface area contributed by atoms with Crippen LogP contribution in [0.2, 0.25) is 0 Å². The molecule has 1 rings (SSSR count). The van der Waals surface area contributed by atoms with Gasteiger partial charge < -0.3 is 10.1 Å². The smallest absolute Gasteiger partial charge is 0.234 e. The van der Waals surface area contributed by atoms with Crippen LogP contribution in [0.1, 0.15) is 20.8 Å². The fourth-order valence-corrected chi connectivity index (χ4v) is 1.79. The first-order chi connectivity index (χ1) is 7.90. The van der Waals surface area contributed by atoms with Gasteiger partial charge in [0.05, 0.1) is 12.9 Å². The highest BCUT2D eigenvalue weighted by molar-refractivity contribution is 8.01. The molecule has 0 aliphatic carbocycles. The van der Waals surface area contributed by atoms with E-state index in [1.165, 1.54) is 0 Å². The summed E-state index contributed by atoms with van der Waals surface area (Å²) in [6.07, 6.45) is 0. The Morgan fingerprint density at radius 2 is 1.88 bits per heavy atom. The Kier molecular flexibility index (Phi) is 4.87. The van der Waals surface area contributed by atoms with Crippen LogP contribution >= 0.6 is 11.8 Å². The van der Waals surface area contributed by atoms with Crippen molar-refractivity contribution in [3.8, 4) is 5.75 Å². The number of ether oxygens (including phenoxy) is 1. The van der Waals surface area contributed by atoms with E-state index in [1.807, 2.05) is 24.3 Å². The zero-order valence-electron chi connectivity index (χ0n) is 10.7. The van der Waals surface area contributed by atoms with E-state index in [-0.39, 0.29) is 10.7 Å². The SMILES string of the molecule is COc1ccc(NC(=O)CSC(C)(C)C)cc1. The highest BCUT2D eigenvalue weighted by Gasteiger charge is 2.13. The summed E-state index contributed by atoms with van der Waals surface area (Å²) < 4.78 is 5.16. The van der Waals surface area contributed by atoms with Crippen molar-refractivity contribution in [1.29, 1.82) is 0 Å². The number of hydrogen-bond donors (Lipinski definition) is 1. The van der Waals surface area contributed by atoms with Crippen molar-refractivity contribution in [1.82, 2.24) is 0 Å². The summed E-state index contributed by atoms with van der Waals surface area (Å²) in [6, 6.07) is 7.32. The second-order valence-corrected chi connectivity index (χ2v) is 6.48. The number of anilines is 1. The minimum atomic E-state index is 0.0232. The van der Waals surface area contributed by atoms with Crippen LogP contribution in [0.4, 0.5) is 5.69 Å². The minimum Gasteiger partial charge on any atom is -0.497 e. The summed E-state index contributed by atoms with van der Waals surface area (Å²) in [4.78, 5) is 11.7. The van der Waals surface area contributed by atoms with E-state index in [2.05, 4.69) is 26.1 Å². The Labute approximate surface area is 107 Å². The first-order valence-electron chi connectivity index (χ1n) is 5.48. The lowest BCUT2D eigenvalue weighted by Gasteiger charge is -2.17. The molecule has 17 heavy (non-hydrogen) atoms. The molecule has 0 aromatic heterocycles. The van der Waals surface area contributed by atoms with E-state index < -0.39 is 0 Å². The lowest BCUT2D eigenvalue weighted by molar-refractivity contribution is -0.113.